The maximum Gasteiger partial charge on any atom is 0.311 e. The topological polar surface area (TPSA) is 35.5 Å². The molecule has 2 aliphatic carbocycles. The van der Waals surface area contributed by atoms with Gasteiger partial charge in [0.1, 0.15) is 0 Å². The van der Waals surface area contributed by atoms with E-state index in [9.17, 15) is 4.79 Å². The molecule has 0 aromatic rings. The molecule has 1 heterocycles. The summed E-state index contributed by atoms with van der Waals surface area (Å²) in [5.41, 5.74) is 0. The Kier molecular flexibility index (Phi) is 4.82. The molecule has 0 amide bonds. The van der Waals surface area contributed by atoms with Gasteiger partial charge in [0.05, 0.1) is 12.5 Å². The van der Waals surface area contributed by atoms with Crippen molar-refractivity contribution >= 4 is 5.97 Å². The van der Waals surface area contributed by atoms with Crippen LogP contribution in [0.3, 0.4) is 0 Å². The van der Waals surface area contributed by atoms with E-state index in [1.807, 2.05) is 0 Å². The highest BCUT2D eigenvalue weighted by Gasteiger charge is 2.56. The van der Waals surface area contributed by atoms with Crippen molar-refractivity contribution in [3.8, 4) is 0 Å². The van der Waals surface area contributed by atoms with Crippen LogP contribution in [0.2, 0.25) is 0 Å². The summed E-state index contributed by atoms with van der Waals surface area (Å²) in [5.74, 6) is 4.26. The fourth-order valence-electron chi connectivity index (χ4n) is 5.67. The molecule has 126 valence electrons. The largest absolute Gasteiger partial charge is 0.436 e. The van der Waals surface area contributed by atoms with E-state index in [0.29, 0.717) is 17.8 Å². The first-order valence-corrected chi connectivity index (χ1v) is 9.31. The number of ether oxygens (including phenoxy) is 2. The predicted octanol–water partition coefficient (Wildman–Crippen LogP) is 4.26. The van der Waals surface area contributed by atoms with Crippen molar-refractivity contribution in [1.82, 2.24) is 0 Å². The molecule has 22 heavy (non-hydrogen) atoms. The van der Waals surface area contributed by atoms with Crippen molar-refractivity contribution in [3.63, 3.8) is 0 Å². The minimum atomic E-state index is -0.279. The van der Waals surface area contributed by atoms with E-state index < -0.39 is 0 Å². The molecule has 2 bridgehead atoms. The molecule has 1 saturated heterocycles. The summed E-state index contributed by atoms with van der Waals surface area (Å²) in [5, 5.41) is 0. The third-order valence-electron chi connectivity index (χ3n) is 6.36. The van der Waals surface area contributed by atoms with Gasteiger partial charge < -0.3 is 9.47 Å². The highest BCUT2D eigenvalue weighted by molar-refractivity contribution is 5.73. The van der Waals surface area contributed by atoms with Gasteiger partial charge in [0.2, 0.25) is 6.29 Å². The molecule has 3 nitrogen and oxygen atoms in total. The normalized spacial score (nSPS) is 41.4. The molecule has 6 atom stereocenters. The molecule has 0 aromatic carbocycles. The summed E-state index contributed by atoms with van der Waals surface area (Å²) in [6, 6.07) is 0. The summed E-state index contributed by atoms with van der Waals surface area (Å²) < 4.78 is 11.3. The maximum atomic E-state index is 12.6. The van der Waals surface area contributed by atoms with Crippen molar-refractivity contribution in [2.24, 2.45) is 41.4 Å². The van der Waals surface area contributed by atoms with Crippen LogP contribution in [0.25, 0.3) is 0 Å². The van der Waals surface area contributed by atoms with Crippen LogP contribution in [-0.2, 0) is 14.3 Å². The summed E-state index contributed by atoms with van der Waals surface area (Å²) >= 11 is 0. The number of hydrogen-bond acceptors (Lipinski definition) is 3. The lowest BCUT2D eigenvalue weighted by Gasteiger charge is -2.40. The van der Waals surface area contributed by atoms with Gasteiger partial charge in [-0.3, -0.25) is 4.79 Å². The second-order valence-electron chi connectivity index (χ2n) is 8.38. The van der Waals surface area contributed by atoms with Crippen molar-refractivity contribution in [1.29, 1.82) is 0 Å². The molecular formula is C19H32O3. The number of carbonyl (C=O) groups is 1. The molecule has 3 heteroatoms. The first-order valence-electron chi connectivity index (χ1n) is 9.31. The van der Waals surface area contributed by atoms with Crippen molar-refractivity contribution in [3.05, 3.63) is 0 Å². The van der Waals surface area contributed by atoms with Crippen LogP contribution in [-0.4, -0.2) is 18.9 Å². The summed E-state index contributed by atoms with van der Waals surface area (Å²) in [6.45, 7) is 10.1. The zero-order valence-electron chi connectivity index (χ0n) is 14.6. The van der Waals surface area contributed by atoms with E-state index in [4.69, 9.17) is 9.47 Å². The number of hydrogen-bond donors (Lipinski definition) is 0. The molecular weight excluding hydrogens is 276 g/mol. The first-order chi connectivity index (χ1) is 10.5. The van der Waals surface area contributed by atoms with Crippen LogP contribution in [0.5, 0.6) is 0 Å². The van der Waals surface area contributed by atoms with E-state index in [1.165, 1.54) is 6.42 Å². The standard InChI is InChI=1S/C19H32O3/c1-11(2)17-13-9-14(18(17)12(3)4)15(10-13)19(20)22-16-7-5-6-8-21-16/h11-18H,5-10H2,1-4H3. The number of esters is 1. The zero-order valence-corrected chi connectivity index (χ0v) is 14.6. The van der Waals surface area contributed by atoms with Gasteiger partial charge in [-0.25, -0.2) is 0 Å². The van der Waals surface area contributed by atoms with E-state index >= 15 is 0 Å². The summed E-state index contributed by atoms with van der Waals surface area (Å²) in [7, 11) is 0. The van der Waals surface area contributed by atoms with Gasteiger partial charge in [0.25, 0.3) is 0 Å². The monoisotopic (exact) mass is 308 g/mol. The molecule has 0 aromatic heterocycles. The van der Waals surface area contributed by atoms with Gasteiger partial charge in [-0.2, -0.15) is 0 Å². The third kappa shape index (κ3) is 2.93. The quantitative estimate of drug-likeness (QED) is 0.728. The Bertz CT molecular complexity index is 397. The van der Waals surface area contributed by atoms with Crippen LogP contribution >= 0.6 is 0 Å². The lowest BCUT2D eigenvalue weighted by Crippen LogP contribution is -2.39. The van der Waals surface area contributed by atoms with Crippen LogP contribution < -0.4 is 0 Å². The van der Waals surface area contributed by atoms with Gasteiger partial charge in [-0.15, -0.1) is 0 Å². The Labute approximate surface area is 135 Å². The molecule has 0 radical (unpaired) electrons. The smallest absolute Gasteiger partial charge is 0.311 e. The average Bonchev–Trinajstić information content (AvgIpc) is 3.05. The summed E-state index contributed by atoms with van der Waals surface area (Å²) in [4.78, 5) is 12.6. The van der Waals surface area contributed by atoms with Crippen molar-refractivity contribution in [2.45, 2.75) is 66.1 Å². The van der Waals surface area contributed by atoms with Crippen molar-refractivity contribution in [2.75, 3.05) is 6.61 Å². The highest BCUT2D eigenvalue weighted by atomic mass is 16.7. The molecule has 3 aliphatic rings. The SMILES string of the molecule is CC(C)C1C2CC(C(=O)OC3CCCCO3)C(C2)C1C(C)C. The Morgan fingerprint density at radius 3 is 2.36 bits per heavy atom. The molecule has 0 N–H and O–H groups in total. The minimum absolute atomic E-state index is 0.0206. The number of carbonyl (C=O) groups excluding carboxylic acids is 1. The fraction of sp³-hybridized carbons (Fsp3) is 0.947. The van der Waals surface area contributed by atoms with E-state index in [1.54, 1.807) is 0 Å². The Balaban J connectivity index is 1.65. The van der Waals surface area contributed by atoms with Crippen molar-refractivity contribution < 1.29 is 14.3 Å². The Morgan fingerprint density at radius 1 is 1.05 bits per heavy atom. The lowest BCUT2D eigenvalue weighted by molar-refractivity contribution is -0.194. The van der Waals surface area contributed by atoms with Crippen LogP contribution in [0.15, 0.2) is 0 Å². The third-order valence-corrected chi connectivity index (χ3v) is 6.36. The number of fused-ring (bicyclic) bond motifs is 2. The van der Waals surface area contributed by atoms with Gasteiger partial charge in [0.15, 0.2) is 0 Å². The molecule has 2 saturated carbocycles. The Hall–Kier alpha value is -0.570. The zero-order chi connectivity index (χ0) is 15.9. The minimum Gasteiger partial charge on any atom is -0.436 e. The molecule has 0 spiro atoms. The maximum absolute atomic E-state index is 12.6. The molecule has 6 unspecified atom stereocenters. The van der Waals surface area contributed by atoms with E-state index in [2.05, 4.69) is 27.7 Å². The second-order valence-corrected chi connectivity index (χ2v) is 8.38. The lowest BCUT2D eigenvalue weighted by atomic mass is 9.66. The predicted molar refractivity (Wildman–Crippen MR) is 86.0 cm³/mol. The van der Waals surface area contributed by atoms with Gasteiger partial charge >= 0.3 is 5.97 Å². The first kappa shape index (κ1) is 16.3. The highest BCUT2D eigenvalue weighted by Crippen LogP contribution is 2.59. The van der Waals surface area contributed by atoms with Crippen LogP contribution in [0.1, 0.15) is 59.8 Å². The molecule has 3 rings (SSSR count). The molecule has 3 fully saturated rings. The van der Waals surface area contributed by atoms with Gasteiger partial charge in [0, 0.05) is 6.42 Å². The van der Waals surface area contributed by atoms with Gasteiger partial charge in [-0.05, 0) is 61.2 Å². The summed E-state index contributed by atoms with van der Waals surface area (Å²) in [6.07, 6.45) is 5.07. The van der Waals surface area contributed by atoms with E-state index in [0.717, 1.165) is 50.0 Å². The Morgan fingerprint density at radius 2 is 1.77 bits per heavy atom. The fourth-order valence-corrected chi connectivity index (χ4v) is 5.67. The van der Waals surface area contributed by atoms with E-state index in [-0.39, 0.29) is 18.2 Å². The average molecular weight is 308 g/mol. The van der Waals surface area contributed by atoms with Crippen LogP contribution in [0.4, 0.5) is 0 Å². The van der Waals surface area contributed by atoms with Crippen LogP contribution in [0, 0.1) is 41.4 Å². The van der Waals surface area contributed by atoms with Gasteiger partial charge in [-0.1, -0.05) is 27.7 Å². The second kappa shape index (κ2) is 6.51. The molecule has 1 aliphatic heterocycles. The number of rotatable bonds is 4.